The zero-order valence-corrected chi connectivity index (χ0v) is 28.4. The number of likely N-dealkylation sites (tertiary alicyclic amines) is 1. The first-order valence-electron chi connectivity index (χ1n) is 16.6. The molecule has 0 bridgehead atoms. The summed E-state index contributed by atoms with van der Waals surface area (Å²) in [6.07, 6.45) is 6.59. The number of hydrogen-bond donors (Lipinski definition) is 4. The van der Waals surface area contributed by atoms with E-state index in [9.17, 15) is 9.90 Å². The van der Waals surface area contributed by atoms with E-state index in [1.54, 1.807) is 6.08 Å². The molecule has 1 fully saturated rings. The molecule has 0 spiro atoms. The number of aryl methyl sites for hydroxylation is 1. The summed E-state index contributed by atoms with van der Waals surface area (Å²) < 4.78 is 8.55. The molecule has 2 aromatic heterocycles. The van der Waals surface area contributed by atoms with Gasteiger partial charge >= 0.3 is 6.03 Å². The number of nitrogens with one attached hydrogen (secondary N) is 2. The van der Waals surface area contributed by atoms with Gasteiger partial charge in [0, 0.05) is 17.2 Å². The first-order valence-corrected chi connectivity index (χ1v) is 16.6. The maximum absolute atomic E-state index is 13.5. The lowest BCUT2D eigenvalue weighted by Crippen LogP contribution is -2.43. The fraction of sp³-hybridized carbons (Fsp3) is 0.405. The summed E-state index contributed by atoms with van der Waals surface area (Å²) in [6, 6.07) is 19.1. The third-order valence-electron chi connectivity index (χ3n) is 9.57. The molecular weight excluding hydrogens is 604 g/mol. The van der Waals surface area contributed by atoms with Crippen LogP contribution in [0, 0.1) is 12.3 Å². The van der Waals surface area contributed by atoms with Gasteiger partial charge in [0.05, 0.1) is 24.5 Å². The largest absolute Gasteiger partial charge is 0.484 e. The Morgan fingerprint density at radius 2 is 1.85 bits per heavy atom. The van der Waals surface area contributed by atoms with Gasteiger partial charge in [-0.25, -0.2) is 9.79 Å². The first kappa shape index (κ1) is 33.2. The van der Waals surface area contributed by atoms with E-state index in [4.69, 9.17) is 15.5 Å². The summed E-state index contributed by atoms with van der Waals surface area (Å²) >= 11 is 0. The minimum absolute atomic E-state index is 0.0348. The molecule has 11 nitrogen and oxygen atoms in total. The van der Waals surface area contributed by atoms with Crippen LogP contribution in [-0.2, 0) is 5.54 Å². The topological polar surface area (TPSA) is 142 Å². The Balaban J connectivity index is 1.21. The minimum Gasteiger partial charge on any atom is -0.484 e. The number of rotatable bonds is 7. The highest BCUT2D eigenvalue weighted by Gasteiger charge is 2.44. The Hall–Kier alpha value is -4.74. The molecule has 252 valence electrons. The zero-order chi connectivity index (χ0) is 34.1. The van der Waals surface area contributed by atoms with E-state index in [1.807, 2.05) is 99.9 Å². The van der Waals surface area contributed by atoms with Crippen LogP contribution < -0.4 is 21.1 Å². The number of carbonyl (C=O) groups excluding carboxylic acids is 1. The van der Waals surface area contributed by atoms with Crippen LogP contribution in [0.25, 0.3) is 5.65 Å². The van der Waals surface area contributed by atoms with E-state index in [0.717, 1.165) is 41.8 Å². The highest BCUT2D eigenvalue weighted by atomic mass is 16.5. The normalized spacial score (nSPS) is 22.0. The van der Waals surface area contributed by atoms with Gasteiger partial charge in [-0.1, -0.05) is 62.7 Å². The molecule has 0 unspecified atom stereocenters. The Kier molecular flexibility index (Phi) is 9.26. The number of aliphatic imine (C=N–C) groups is 1. The van der Waals surface area contributed by atoms with E-state index in [-0.39, 0.29) is 30.2 Å². The van der Waals surface area contributed by atoms with Crippen LogP contribution in [0.15, 0.2) is 83.6 Å². The van der Waals surface area contributed by atoms with E-state index in [0.29, 0.717) is 41.6 Å². The number of amides is 2. The highest BCUT2D eigenvalue weighted by molar-refractivity contribution is 6.05. The van der Waals surface area contributed by atoms with Crippen molar-refractivity contribution in [3.63, 3.8) is 0 Å². The molecule has 2 aliphatic rings. The van der Waals surface area contributed by atoms with E-state index in [2.05, 4.69) is 31.8 Å². The van der Waals surface area contributed by atoms with Gasteiger partial charge < -0.3 is 20.9 Å². The molecule has 1 aliphatic heterocycles. The van der Waals surface area contributed by atoms with Crippen LogP contribution in [0.5, 0.6) is 5.75 Å². The number of urea groups is 1. The van der Waals surface area contributed by atoms with Crippen molar-refractivity contribution in [2.75, 3.05) is 20.2 Å². The van der Waals surface area contributed by atoms with Crippen molar-refractivity contribution in [2.45, 2.75) is 71.1 Å². The average Bonchev–Trinajstić information content (AvgIpc) is 3.66. The number of hydrogen-bond acceptors (Lipinski definition) is 8. The molecule has 0 saturated carbocycles. The molecule has 6 rings (SSSR count). The van der Waals surface area contributed by atoms with Gasteiger partial charge in [-0.05, 0) is 81.6 Å². The standard InChI is InChI=1S/C37H46N8O3/c1-24-11-13-25(14-12-24)39-32(21-31(38)36(2,3)4)41-35(47)40-29-16-17-30(28-10-7-6-9-27(28)29)48-26-15-18-33-42-43-34(45(33)22-26)37(23-46)19-8-20-44(37)5/h6-7,9-15,18,21-22,29-30,46H,8,16-17,19-20,23,38H2,1-5H3,(H2,39,40,41,47)/t29-,30+,37+/m0/s1. The predicted molar refractivity (Wildman–Crippen MR) is 187 cm³/mol. The second-order valence-electron chi connectivity index (χ2n) is 14.0. The number of aliphatic hydroxyl groups excluding tert-OH is 1. The maximum Gasteiger partial charge on any atom is 0.320 e. The molecule has 2 aromatic carbocycles. The summed E-state index contributed by atoms with van der Waals surface area (Å²) in [5, 5.41) is 25.4. The van der Waals surface area contributed by atoms with Crippen LogP contribution in [0.3, 0.4) is 0 Å². The molecular formula is C37H46N8O3. The number of allylic oxidation sites excluding steroid dienone is 1. The number of carbonyl (C=O) groups is 1. The van der Waals surface area contributed by atoms with Gasteiger partial charge in [-0.3, -0.25) is 14.6 Å². The monoisotopic (exact) mass is 650 g/mol. The first-order chi connectivity index (χ1) is 23.0. The number of fused-ring (bicyclic) bond motifs is 2. The number of likely N-dealkylation sites (N-methyl/N-ethyl adjacent to an activating group) is 1. The van der Waals surface area contributed by atoms with Crippen molar-refractivity contribution in [3.05, 3.63) is 101 Å². The second kappa shape index (κ2) is 13.4. The Bertz CT molecular complexity index is 1840. The number of amidine groups is 1. The number of benzene rings is 2. The molecule has 2 amide bonds. The summed E-state index contributed by atoms with van der Waals surface area (Å²) in [5.41, 5.74) is 10.7. The molecule has 3 atom stereocenters. The number of aliphatic hydroxyl groups is 1. The Morgan fingerprint density at radius 1 is 1.10 bits per heavy atom. The Labute approximate surface area is 281 Å². The van der Waals surface area contributed by atoms with E-state index < -0.39 is 5.54 Å². The zero-order valence-electron chi connectivity index (χ0n) is 28.4. The molecule has 3 heterocycles. The molecule has 48 heavy (non-hydrogen) atoms. The van der Waals surface area contributed by atoms with Crippen LogP contribution in [-0.4, -0.2) is 56.7 Å². The molecule has 0 radical (unpaired) electrons. The molecule has 4 aromatic rings. The minimum atomic E-state index is -0.575. The van der Waals surface area contributed by atoms with Gasteiger partial charge in [-0.15, -0.1) is 10.2 Å². The van der Waals surface area contributed by atoms with Gasteiger partial charge in [0.1, 0.15) is 23.2 Å². The van der Waals surface area contributed by atoms with Crippen molar-refractivity contribution in [3.8, 4) is 5.75 Å². The molecule has 1 saturated heterocycles. The third kappa shape index (κ3) is 6.79. The second-order valence-corrected chi connectivity index (χ2v) is 14.0. The van der Waals surface area contributed by atoms with E-state index >= 15 is 0 Å². The third-order valence-corrected chi connectivity index (χ3v) is 9.57. The Morgan fingerprint density at radius 3 is 2.54 bits per heavy atom. The quantitative estimate of drug-likeness (QED) is 0.146. The van der Waals surface area contributed by atoms with E-state index in [1.165, 1.54) is 0 Å². The summed E-state index contributed by atoms with van der Waals surface area (Å²) in [5.74, 6) is 1.76. The summed E-state index contributed by atoms with van der Waals surface area (Å²) in [6.45, 7) is 8.92. The van der Waals surface area contributed by atoms with Crippen LogP contribution >= 0.6 is 0 Å². The molecule has 1 aliphatic carbocycles. The predicted octanol–water partition coefficient (Wildman–Crippen LogP) is 5.82. The van der Waals surface area contributed by atoms with Crippen LogP contribution in [0.1, 0.15) is 81.1 Å². The lowest BCUT2D eigenvalue weighted by atomic mass is 9.85. The number of nitrogens with two attached hydrogens (primary N) is 1. The maximum atomic E-state index is 13.5. The summed E-state index contributed by atoms with van der Waals surface area (Å²) in [4.78, 5) is 20.3. The fourth-order valence-corrected chi connectivity index (χ4v) is 6.54. The van der Waals surface area contributed by atoms with Crippen LogP contribution in [0.4, 0.5) is 10.5 Å². The van der Waals surface area contributed by atoms with Gasteiger partial charge in [0.25, 0.3) is 0 Å². The fourth-order valence-electron chi connectivity index (χ4n) is 6.54. The molecule has 11 heteroatoms. The van der Waals surface area contributed by atoms with Crippen molar-refractivity contribution in [2.24, 2.45) is 16.1 Å². The number of pyridine rings is 1. The van der Waals surface area contributed by atoms with Crippen molar-refractivity contribution in [1.82, 2.24) is 30.1 Å². The van der Waals surface area contributed by atoms with Crippen molar-refractivity contribution < 1.29 is 14.6 Å². The lowest BCUT2D eigenvalue weighted by molar-refractivity contribution is 0.0735. The number of aromatic nitrogens is 3. The van der Waals surface area contributed by atoms with Gasteiger partial charge in [0.2, 0.25) is 0 Å². The number of ether oxygens (including phenoxy) is 1. The summed E-state index contributed by atoms with van der Waals surface area (Å²) in [7, 11) is 2.02. The van der Waals surface area contributed by atoms with Gasteiger partial charge in [-0.2, -0.15) is 0 Å². The smallest absolute Gasteiger partial charge is 0.320 e. The molecule has 5 N–H and O–H groups in total. The SMILES string of the molecule is Cc1ccc(N=C(C=C(N)C(C)(C)C)NC(=O)N[C@H]2CC[C@@H](Oc3ccc4nnc([C@]5(CO)CCCN5C)n4c3)c3ccccc32)cc1. The van der Waals surface area contributed by atoms with Crippen molar-refractivity contribution >= 4 is 23.2 Å². The highest BCUT2D eigenvalue weighted by Crippen LogP contribution is 2.40. The lowest BCUT2D eigenvalue weighted by Gasteiger charge is -2.33. The number of nitrogens with zero attached hydrogens (tertiary/aromatic N) is 5. The van der Waals surface area contributed by atoms with Crippen LogP contribution in [0.2, 0.25) is 0 Å². The average molecular weight is 651 g/mol. The van der Waals surface area contributed by atoms with Gasteiger partial charge in [0.15, 0.2) is 11.5 Å². The van der Waals surface area contributed by atoms with Crippen molar-refractivity contribution in [1.29, 1.82) is 0 Å².